The fourth-order valence-electron chi connectivity index (χ4n) is 1.37. The average molecular weight is 289 g/mol. The lowest BCUT2D eigenvalue weighted by atomic mass is 10.3. The third kappa shape index (κ3) is 4.49. The van der Waals surface area contributed by atoms with Crippen LogP contribution in [0.4, 0.5) is 5.69 Å². The summed E-state index contributed by atoms with van der Waals surface area (Å²) in [5.41, 5.74) is 0.259. The molecule has 0 fully saturated rings. The summed E-state index contributed by atoms with van der Waals surface area (Å²) in [4.78, 5) is 14.0. The van der Waals surface area contributed by atoms with Crippen molar-refractivity contribution < 1.29 is 4.74 Å². The minimum Gasteiger partial charge on any atom is -0.383 e. The Hall–Kier alpha value is -1.11. The van der Waals surface area contributed by atoms with Crippen molar-refractivity contribution in [2.24, 2.45) is 0 Å². The first-order valence-electron chi connectivity index (χ1n) is 6.12. The van der Waals surface area contributed by atoms with Crippen molar-refractivity contribution in [1.29, 1.82) is 0 Å². The van der Waals surface area contributed by atoms with Crippen LogP contribution in [0.2, 0.25) is 5.02 Å². The summed E-state index contributed by atoms with van der Waals surface area (Å²) < 4.78 is 6.21. The second-order valence-electron chi connectivity index (χ2n) is 4.59. The molecule has 0 saturated carbocycles. The molecule has 1 aromatic rings. The molecule has 7 heteroatoms. The van der Waals surface area contributed by atoms with E-state index in [1.54, 1.807) is 13.3 Å². The maximum Gasteiger partial charge on any atom is 0.287 e. The fraction of sp³-hybridized carbons (Fsp3) is 0.667. The third-order valence-electron chi connectivity index (χ3n) is 2.96. The van der Waals surface area contributed by atoms with Crippen molar-refractivity contribution >= 4 is 17.3 Å². The lowest BCUT2D eigenvalue weighted by Crippen LogP contribution is -2.32. The number of anilines is 1. The van der Waals surface area contributed by atoms with Crippen LogP contribution >= 0.6 is 11.6 Å². The maximum atomic E-state index is 11.9. The van der Waals surface area contributed by atoms with Crippen LogP contribution in [0.5, 0.6) is 0 Å². The molecule has 1 N–H and O–H groups in total. The van der Waals surface area contributed by atoms with Gasteiger partial charge in [0.2, 0.25) is 0 Å². The highest BCUT2D eigenvalue weighted by Crippen LogP contribution is 2.15. The first-order chi connectivity index (χ1) is 8.97. The molecular weight excluding hydrogens is 268 g/mol. The molecule has 1 aromatic heterocycles. The van der Waals surface area contributed by atoms with E-state index in [0.29, 0.717) is 31.4 Å². The number of ether oxygens (including phenoxy) is 1. The molecule has 0 radical (unpaired) electrons. The SMILES string of the molecule is COCCn1ncc(NCC(C)N(C)C)c(Cl)c1=O. The minimum atomic E-state index is -0.304. The number of methoxy groups -OCH3 is 1. The van der Waals surface area contributed by atoms with Gasteiger partial charge in [-0.25, -0.2) is 4.68 Å². The molecule has 0 saturated heterocycles. The number of nitrogens with zero attached hydrogens (tertiary/aromatic N) is 3. The molecule has 1 heterocycles. The molecule has 1 rings (SSSR count). The largest absolute Gasteiger partial charge is 0.383 e. The van der Waals surface area contributed by atoms with Crippen LogP contribution in [0.3, 0.4) is 0 Å². The highest BCUT2D eigenvalue weighted by atomic mass is 35.5. The highest BCUT2D eigenvalue weighted by Gasteiger charge is 2.10. The van der Waals surface area contributed by atoms with Gasteiger partial charge in [-0.1, -0.05) is 11.6 Å². The number of rotatable bonds is 7. The molecule has 0 spiro atoms. The van der Waals surface area contributed by atoms with Gasteiger partial charge in [-0.05, 0) is 21.0 Å². The molecule has 108 valence electrons. The van der Waals surface area contributed by atoms with E-state index >= 15 is 0 Å². The summed E-state index contributed by atoms with van der Waals surface area (Å²) in [6.07, 6.45) is 1.57. The fourth-order valence-corrected chi connectivity index (χ4v) is 1.58. The molecule has 19 heavy (non-hydrogen) atoms. The van der Waals surface area contributed by atoms with Crippen molar-refractivity contribution in [3.8, 4) is 0 Å². The molecule has 0 aromatic carbocycles. The van der Waals surface area contributed by atoms with E-state index in [-0.39, 0.29) is 10.6 Å². The van der Waals surface area contributed by atoms with Gasteiger partial charge in [0.15, 0.2) is 0 Å². The van der Waals surface area contributed by atoms with Gasteiger partial charge >= 0.3 is 0 Å². The Balaban J connectivity index is 2.76. The van der Waals surface area contributed by atoms with E-state index in [2.05, 4.69) is 22.2 Å². The Morgan fingerprint density at radius 2 is 2.26 bits per heavy atom. The van der Waals surface area contributed by atoms with Gasteiger partial charge in [0, 0.05) is 19.7 Å². The van der Waals surface area contributed by atoms with Crippen LogP contribution in [0.15, 0.2) is 11.0 Å². The Bertz CT molecular complexity index is 462. The molecule has 0 aliphatic carbocycles. The van der Waals surface area contributed by atoms with Gasteiger partial charge in [0.25, 0.3) is 5.56 Å². The van der Waals surface area contributed by atoms with Gasteiger partial charge in [-0.2, -0.15) is 5.10 Å². The molecule has 0 amide bonds. The number of hydrogen-bond donors (Lipinski definition) is 1. The Morgan fingerprint density at radius 3 is 2.84 bits per heavy atom. The zero-order chi connectivity index (χ0) is 14.4. The number of nitrogens with one attached hydrogen (secondary N) is 1. The van der Waals surface area contributed by atoms with Crippen LogP contribution in [0, 0.1) is 0 Å². The zero-order valence-electron chi connectivity index (χ0n) is 11.8. The van der Waals surface area contributed by atoms with E-state index in [0.717, 1.165) is 0 Å². The lowest BCUT2D eigenvalue weighted by molar-refractivity contribution is 0.182. The topological polar surface area (TPSA) is 59.4 Å². The van der Waals surface area contributed by atoms with Crippen LogP contribution in [-0.2, 0) is 11.3 Å². The summed E-state index contributed by atoms with van der Waals surface area (Å²) in [5.74, 6) is 0. The highest BCUT2D eigenvalue weighted by molar-refractivity contribution is 6.32. The lowest BCUT2D eigenvalue weighted by Gasteiger charge is -2.20. The van der Waals surface area contributed by atoms with Crippen LogP contribution in [0.25, 0.3) is 0 Å². The molecule has 0 aliphatic rings. The monoisotopic (exact) mass is 288 g/mol. The minimum absolute atomic E-state index is 0.164. The second-order valence-corrected chi connectivity index (χ2v) is 4.96. The van der Waals surface area contributed by atoms with E-state index in [4.69, 9.17) is 16.3 Å². The zero-order valence-corrected chi connectivity index (χ0v) is 12.6. The first kappa shape index (κ1) is 15.9. The normalized spacial score (nSPS) is 12.7. The second kappa shape index (κ2) is 7.47. The van der Waals surface area contributed by atoms with Crippen molar-refractivity contribution in [2.75, 3.05) is 39.7 Å². The van der Waals surface area contributed by atoms with E-state index in [9.17, 15) is 4.79 Å². The van der Waals surface area contributed by atoms with E-state index in [1.165, 1.54) is 4.68 Å². The van der Waals surface area contributed by atoms with Gasteiger partial charge in [-0.3, -0.25) is 4.79 Å². The van der Waals surface area contributed by atoms with Gasteiger partial charge in [-0.15, -0.1) is 0 Å². The Kier molecular flexibility index (Phi) is 6.27. The first-order valence-corrected chi connectivity index (χ1v) is 6.50. The smallest absolute Gasteiger partial charge is 0.287 e. The molecule has 1 atom stereocenters. The van der Waals surface area contributed by atoms with Gasteiger partial charge in [0.1, 0.15) is 5.02 Å². The molecule has 0 aliphatic heterocycles. The molecular formula is C12H21ClN4O2. The third-order valence-corrected chi connectivity index (χ3v) is 3.33. The molecule has 6 nitrogen and oxygen atoms in total. The summed E-state index contributed by atoms with van der Waals surface area (Å²) in [6.45, 7) is 3.58. The van der Waals surface area contributed by atoms with Crippen LogP contribution in [-0.4, -0.2) is 55.1 Å². The standard InChI is InChI=1S/C12H21ClN4O2/c1-9(16(2)3)7-14-10-8-15-17(5-6-19-4)12(18)11(10)13/h8-9,14H,5-7H2,1-4H3. The predicted octanol–water partition coefficient (Wildman–Crippen LogP) is 0.905. The van der Waals surface area contributed by atoms with Crippen molar-refractivity contribution in [3.05, 3.63) is 21.6 Å². The van der Waals surface area contributed by atoms with Gasteiger partial charge < -0.3 is 15.0 Å². The van der Waals surface area contributed by atoms with E-state index < -0.39 is 0 Å². The predicted molar refractivity (Wildman–Crippen MR) is 77.0 cm³/mol. The number of halogens is 1. The summed E-state index contributed by atoms with van der Waals surface area (Å²) in [5, 5.41) is 7.36. The van der Waals surface area contributed by atoms with Crippen LogP contribution in [0.1, 0.15) is 6.92 Å². The van der Waals surface area contributed by atoms with Gasteiger partial charge in [0.05, 0.1) is 25.0 Å². The number of aromatic nitrogens is 2. The van der Waals surface area contributed by atoms with Crippen molar-refractivity contribution in [2.45, 2.75) is 19.5 Å². The number of likely N-dealkylation sites (N-methyl/N-ethyl adjacent to an activating group) is 1. The maximum absolute atomic E-state index is 11.9. The van der Waals surface area contributed by atoms with Crippen molar-refractivity contribution in [1.82, 2.24) is 14.7 Å². The summed E-state index contributed by atoms with van der Waals surface area (Å²) in [7, 11) is 5.56. The molecule has 1 unspecified atom stereocenters. The van der Waals surface area contributed by atoms with Crippen molar-refractivity contribution in [3.63, 3.8) is 0 Å². The number of hydrogen-bond acceptors (Lipinski definition) is 5. The Labute approximate surface area is 118 Å². The summed E-state index contributed by atoms with van der Waals surface area (Å²) >= 11 is 6.05. The molecule has 0 bridgehead atoms. The average Bonchev–Trinajstić information content (AvgIpc) is 2.38. The van der Waals surface area contributed by atoms with E-state index in [1.807, 2.05) is 14.1 Å². The van der Waals surface area contributed by atoms with Crippen LogP contribution < -0.4 is 10.9 Å². The quantitative estimate of drug-likeness (QED) is 0.808. The summed E-state index contributed by atoms with van der Waals surface area (Å²) in [6, 6.07) is 0.326. The Morgan fingerprint density at radius 1 is 1.58 bits per heavy atom.